The van der Waals surface area contributed by atoms with E-state index in [1.54, 1.807) is 0 Å². The molecule has 2 heterocycles. The molecular formula is C21H24N2O3. The molecule has 0 spiro atoms. The predicted octanol–water partition coefficient (Wildman–Crippen LogP) is 3.27. The first-order chi connectivity index (χ1) is 12.6. The first kappa shape index (κ1) is 16.9. The highest BCUT2D eigenvalue weighted by atomic mass is 16.3. The zero-order valence-electron chi connectivity index (χ0n) is 14.7. The molecule has 26 heavy (non-hydrogen) atoms. The minimum Gasteiger partial charge on any atom is -0.494 e. The first-order valence-corrected chi connectivity index (χ1v) is 9.43. The summed E-state index contributed by atoms with van der Waals surface area (Å²) in [5.41, 5.74) is 1.19. The van der Waals surface area contributed by atoms with Crippen LogP contribution in [-0.4, -0.2) is 33.5 Å². The van der Waals surface area contributed by atoms with Crippen LogP contribution in [0.1, 0.15) is 53.9 Å². The molecule has 2 aliphatic rings. The Bertz CT molecular complexity index is 846. The molecule has 0 unspecified atom stereocenters. The maximum atomic E-state index is 13.1. The summed E-state index contributed by atoms with van der Waals surface area (Å²) >= 11 is 0. The smallest absolute Gasteiger partial charge is 0.254 e. The summed E-state index contributed by atoms with van der Waals surface area (Å²) in [4.78, 5) is 28.9. The lowest BCUT2D eigenvalue weighted by atomic mass is 9.69. The van der Waals surface area contributed by atoms with E-state index in [1.807, 2.05) is 11.0 Å². The van der Waals surface area contributed by atoms with Crippen LogP contribution in [0.5, 0.6) is 5.88 Å². The molecule has 3 atom stereocenters. The fourth-order valence-corrected chi connectivity index (χ4v) is 4.84. The van der Waals surface area contributed by atoms with Gasteiger partial charge in [0.25, 0.3) is 11.5 Å². The lowest BCUT2D eigenvalue weighted by Crippen LogP contribution is -2.52. The number of nitrogens with one attached hydrogen (secondary N) is 1. The highest BCUT2D eigenvalue weighted by Gasteiger charge is 2.41. The number of rotatable bonds is 2. The molecule has 2 N–H and O–H groups in total. The van der Waals surface area contributed by atoms with Gasteiger partial charge in [0.05, 0.1) is 5.56 Å². The number of carbonyl (C=O) groups excluding carboxylic acids is 1. The van der Waals surface area contributed by atoms with Crippen LogP contribution in [0.4, 0.5) is 0 Å². The molecule has 136 valence electrons. The second kappa shape index (κ2) is 6.98. The number of carbonyl (C=O) groups is 1. The van der Waals surface area contributed by atoms with Crippen molar-refractivity contribution in [2.75, 3.05) is 6.54 Å². The van der Waals surface area contributed by atoms with Crippen LogP contribution in [0, 0.1) is 5.92 Å². The van der Waals surface area contributed by atoms with Gasteiger partial charge in [0.15, 0.2) is 5.88 Å². The van der Waals surface area contributed by atoms with Crippen molar-refractivity contribution < 1.29 is 9.90 Å². The van der Waals surface area contributed by atoms with Gasteiger partial charge in [-0.25, -0.2) is 0 Å². The minimum absolute atomic E-state index is 0.144. The molecular weight excluding hydrogens is 328 g/mol. The summed E-state index contributed by atoms with van der Waals surface area (Å²) in [5.74, 6) is 0.535. The van der Waals surface area contributed by atoms with Gasteiger partial charge in [-0.05, 0) is 36.7 Å². The first-order valence-electron chi connectivity index (χ1n) is 9.43. The van der Waals surface area contributed by atoms with Crippen molar-refractivity contribution in [1.29, 1.82) is 0 Å². The summed E-state index contributed by atoms with van der Waals surface area (Å²) in [5, 5.41) is 9.64. The van der Waals surface area contributed by atoms with E-state index in [-0.39, 0.29) is 23.4 Å². The molecule has 4 rings (SSSR count). The molecule has 5 heteroatoms. The molecule has 2 aromatic rings. The van der Waals surface area contributed by atoms with Gasteiger partial charge in [0.1, 0.15) is 0 Å². The monoisotopic (exact) mass is 352 g/mol. The summed E-state index contributed by atoms with van der Waals surface area (Å²) in [6, 6.07) is 13.4. The fraction of sp³-hybridized carbons (Fsp3) is 0.429. The van der Waals surface area contributed by atoms with Gasteiger partial charge in [-0.1, -0.05) is 43.2 Å². The standard InChI is InChI=1S/C21H24N2O3/c24-19-12-15(13-20(25)22-19)21(26)23-11-10-16(14-6-2-1-3-7-14)17-8-4-5-9-18(17)23/h1-3,6-7,12-13,16-18H,4-5,8-11H2,(H2,22,24,25)/t16-,17-,18-/m1/s1. The average molecular weight is 352 g/mol. The van der Waals surface area contributed by atoms with Gasteiger partial charge in [-0.15, -0.1) is 0 Å². The summed E-state index contributed by atoms with van der Waals surface area (Å²) in [6.07, 6.45) is 5.42. The van der Waals surface area contributed by atoms with Crippen molar-refractivity contribution >= 4 is 5.91 Å². The lowest BCUT2D eigenvalue weighted by Gasteiger charge is -2.48. The van der Waals surface area contributed by atoms with Gasteiger partial charge in [-0.2, -0.15) is 0 Å². The molecule has 1 saturated carbocycles. The number of aromatic amines is 1. The van der Waals surface area contributed by atoms with E-state index >= 15 is 0 Å². The molecule has 1 aromatic heterocycles. The third-order valence-electron chi connectivity index (χ3n) is 5.95. The number of nitrogens with zero attached hydrogens (tertiary/aromatic N) is 1. The maximum Gasteiger partial charge on any atom is 0.254 e. The largest absolute Gasteiger partial charge is 0.494 e. The Kier molecular flexibility index (Phi) is 4.53. The van der Waals surface area contributed by atoms with Crippen molar-refractivity contribution in [3.05, 3.63) is 63.9 Å². The number of fused-ring (bicyclic) bond motifs is 1. The van der Waals surface area contributed by atoms with Crippen molar-refractivity contribution in [2.24, 2.45) is 5.92 Å². The predicted molar refractivity (Wildman–Crippen MR) is 99.3 cm³/mol. The third kappa shape index (κ3) is 3.14. The number of aromatic hydroxyl groups is 1. The molecule has 1 saturated heterocycles. The minimum atomic E-state index is -0.451. The SMILES string of the molecule is O=C(c1cc(O)[nH]c(=O)c1)N1CC[C@H](c2ccccc2)[C@H]2CCCC[C@H]21. The molecule has 5 nitrogen and oxygen atoms in total. The third-order valence-corrected chi connectivity index (χ3v) is 5.95. The fourth-order valence-electron chi connectivity index (χ4n) is 4.84. The zero-order chi connectivity index (χ0) is 18.1. The van der Waals surface area contributed by atoms with E-state index < -0.39 is 5.56 Å². The van der Waals surface area contributed by atoms with Crippen molar-refractivity contribution in [2.45, 2.75) is 44.1 Å². The Morgan fingerprint density at radius 3 is 2.62 bits per heavy atom. The number of amides is 1. The van der Waals surface area contributed by atoms with E-state index in [4.69, 9.17) is 0 Å². The van der Waals surface area contributed by atoms with Crippen LogP contribution in [0.3, 0.4) is 0 Å². The number of pyridine rings is 1. The van der Waals surface area contributed by atoms with E-state index in [0.29, 0.717) is 18.4 Å². The summed E-state index contributed by atoms with van der Waals surface area (Å²) in [6.45, 7) is 0.688. The Morgan fingerprint density at radius 2 is 1.85 bits per heavy atom. The van der Waals surface area contributed by atoms with Crippen molar-refractivity contribution in [3.63, 3.8) is 0 Å². The average Bonchev–Trinajstić information content (AvgIpc) is 2.66. The van der Waals surface area contributed by atoms with Gasteiger partial charge in [0, 0.05) is 24.7 Å². The second-order valence-electron chi connectivity index (χ2n) is 7.44. The Balaban J connectivity index is 1.62. The Labute approximate surface area is 152 Å². The normalized spacial score (nSPS) is 25.5. The quantitative estimate of drug-likeness (QED) is 0.871. The van der Waals surface area contributed by atoms with Gasteiger partial charge in [-0.3, -0.25) is 14.6 Å². The van der Waals surface area contributed by atoms with E-state index in [2.05, 4.69) is 29.2 Å². The van der Waals surface area contributed by atoms with Gasteiger partial charge >= 0.3 is 0 Å². The van der Waals surface area contributed by atoms with Crippen LogP contribution in [-0.2, 0) is 0 Å². The summed E-state index contributed by atoms with van der Waals surface area (Å²) < 4.78 is 0. The lowest BCUT2D eigenvalue weighted by molar-refractivity contribution is 0.0318. The van der Waals surface area contributed by atoms with E-state index in [1.165, 1.54) is 24.1 Å². The number of likely N-dealkylation sites (tertiary alicyclic amines) is 1. The highest BCUT2D eigenvalue weighted by molar-refractivity contribution is 5.94. The molecule has 0 radical (unpaired) electrons. The van der Waals surface area contributed by atoms with Crippen LogP contribution >= 0.6 is 0 Å². The number of piperidine rings is 1. The number of aromatic nitrogens is 1. The Hall–Kier alpha value is -2.56. The topological polar surface area (TPSA) is 73.4 Å². The van der Waals surface area contributed by atoms with Gasteiger partial charge < -0.3 is 10.0 Å². The zero-order valence-corrected chi connectivity index (χ0v) is 14.7. The number of hydrogen-bond donors (Lipinski definition) is 2. The van der Waals surface area contributed by atoms with Gasteiger partial charge in [0.2, 0.25) is 0 Å². The molecule has 1 aliphatic carbocycles. The Morgan fingerprint density at radius 1 is 1.08 bits per heavy atom. The molecule has 2 fully saturated rings. The van der Waals surface area contributed by atoms with Crippen LogP contribution < -0.4 is 5.56 Å². The highest BCUT2D eigenvalue weighted by Crippen LogP contribution is 2.44. The molecule has 1 aliphatic heterocycles. The summed E-state index contributed by atoms with van der Waals surface area (Å²) in [7, 11) is 0. The number of hydrogen-bond acceptors (Lipinski definition) is 3. The van der Waals surface area contributed by atoms with E-state index in [9.17, 15) is 14.7 Å². The van der Waals surface area contributed by atoms with Crippen molar-refractivity contribution in [1.82, 2.24) is 9.88 Å². The van der Waals surface area contributed by atoms with Crippen LogP contribution in [0.25, 0.3) is 0 Å². The van der Waals surface area contributed by atoms with Crippen LogP contribution in [0.2, 0.25) is 0 Å². The number of benzene rings is 1. The molecule has 1 aromatic carbocycles. The molecule has 0 bridgehead atoms. The number of H-pyrrole nitrogens is 1. The van der Waals surface area contributed by atoms with Crippen molar-refractivity contribution in [3.8, 4) is 5.88 Å². The maximum absolute atomic E-state index is 13.1. The second-order valence-corrected chi connectivity index (χ2v) is 7.44. The molecule has 1 amide bonds. The van der Waals surface area contributed by atoms with E-state index in [0.717, 1.165) is 25.7 Å². The van der Waals surface area contributed by atoms with Crippen LogP contribution in [0.15, 0.2) is 47.3 Å².